The van der Waals surface area contributed by atoms with Crippen LogP contribution >= 0.6 is 0 Å². The van der Waals surface area contributed by atoms with Crippen LogP contribution in [0.15, 0.2) is 24.3 Å². The van der Waals surface area contributed by atoms with Gasteiger partial charge in [-0.2, -0.15) is 22.0 Å². The summed E-state index contributed by atoms with van der Waals surface area (Å²) in [4.78, 5) is 0. The van der Waals surface area contributed by atoms with Gasteiger partial charge in [-0.3, -0.25) is 0 Å². The lowest BCUT2D eigenvalue weighted by Gasteiger charge is -2.20. The van der Waals surface area contributed by atoms with Gasteiger partial charge < -0.3 is 4.74 Å². The van der Waals surface area contributed by atoms with E-state index in [1.54, 1.807) is 6.92 Å². The first-order valence-corrected chi connectivity index (χ1v) is 7.48. The molecular weight excluding hydrogens is 391 g/mol. The van der Waals surface area contributed by atoms with Gasteiger partial charge in [0.25, 0.3) is 0 Å². The summed E-state index contributed by atoms with van der Waals surface area (Å²) >= 11 is 0. The van der Waals surface area contributed by atoms with Crippen molar-refractivity contribution in [2.75, 3.05) is 0 Å². The Bertz CT molecular complexity index is 797. The van der Waals surface area contributed by atoms with Crippen LogP contribution in [0.2, 0.25) is 0 Å². The normalized spacial score (nSPS) is 12.4. The van der Waals surface area contributed by atoms with E-state index in [1.807, 2.05) is 0 Å². The average Bonchev–Trinajstić information content (AvgIpc) is 2.43. The summed E-state index contributed by atoms with van der Waals surface area (Å²) in [5, 5.41) is 0. The van der Waals surface area contributed by atoms with E-state index in [-0.39, 0.29) is 24.1 Å². The predicted octanol–water partition coefficient (Wildman–Crippen LogP) is 6.34. The third-order valence-corrected chi connectivity index (χ3v) is 3.48. The maximum atomic E-state index is 14.1. The van der Waals surface area contributed by atoms with Gasteiger partial charge in [-0.05, 0) is 24.1 Å². The van der Waals surface area contributed by atoms with Crippen LogP contribution in [0.3, 0.4) is 0 Å². The van der Waals surface area contributed by atoms with Crippen molar-refractivity contribution in [2.24, 2.45) is 0 Å². The highest BCUT2D eigenvalue weighted by Gasteiger charge is 2.43. The molecule has 0 spiro atoms. The Balaban J connectivity index is 2.42. The number of ether oxygens (including phenoxy) is 1. The van der Waals surface area contributed by atoms with Gasteiger partial charge in [-0.1, -0.05) is 13.3 Å². The molecule has 0 atom stereocenters. The summed E-state index contributed by atoms with van der Waals surface area (Å²) < 4.78 is 124. The van der Waals surface area contributed by atoms with Crippen molar-refractivity contribution in [1.82, 2.24) is 0 Å². The van der Waals surface area contributed by atoms with Gasteiger partial charge in [0.2, 0.25) is 0 Å². The Labute approximate surface area is 147 Å². The number of alkyl halides is 5. The molecule has 0 unspecified atom stereocenters. The summed E-state index contributed by atoms with van der Waals surface area (Å²) in [5.41, 5.74) is -4.04. The van der Waals surface area contributed by atoms with Crippen molar-refractivity contribution in [2.45, 2.75) is 32.1 Å². The van der Waals surface area contributed by atoms with Gasteiger partial charge in [0.05, 0.1) is 0 Å². The highest BCUT2D eigenvalue weighted by Crippen LogP contribution is 2.39. The summed E-state index contributed by atoms with van der Waals surface area (Å²) in [5.74, 6) is -9.15. The van der Waals surface area contributed by atoms with Gasteiger partial charge >= 0.3 is 12.3 Å². The fraction of sp³-hybridized carbons (Fsp3) is 0.294. The summed E-state index contributed by atoms with van der Waals surface area (Å²) in [6, 6.07) is 0.988. The third kappa shape index (κ3) is 4.48. The van der Waals surface area contributed by atoms with E-state index in [2.05, 4.69) is 4.74 Å². The lowest BCUT2D eigenvalue weighted by molar-refractivity contribution is -0.189. The zero-order valence-electron chi connectivity index (χ0n) is 13.5. The smallest absolute Gasteiger partial charge is 0.429 e. The summed E-state index contributed by atoms with van der Waals surface area (Å²) in [6.45, 7) is 1.69. The minimum absolute atomic E-state index is 0.0960. The van der Waals surface area contributed by atoms with Gasteiger partial charge in [0.15, 0.2) is 0 Å². The zero-order valence-corrected chi connectivity index (χ0v) is 13.5. The van der Waals surface area contributed by atoms with Crippen LogP contribution in [-0.4, -0.2) is 0 Å². The minimum Gasteiger partial charge on any atom is -0.429 e. The average molecular weight is 402 g/mol. The van der Waals surface area contributed by atoms with E-state index in [1.165, 1.54) is 0 Å². The van der Waals surface area contributed by atoms with Crippen molar-refractivity contribution in [1.29, 1.82) is 0 Å². The highest BCUT2D eigenvalue weighted by molar-refractivity contribution is 5.34. The quantitative estimate of drug-likeness (QED) is 0.530. The second-order valence-corrected chi connectivity index (χ2v) is 5.56. The van der Waals surface area contributed by atoms with E-state index in [0.29, 0.717) is 18.6 Å². The van der Waals surface area contributed by atoms with E-state index < -0.39 is 52.4 Å². The summed E-state index contributed by atoms with van der Waals surface area (Å²) in [7, 11) is 0. The fourth-order valence-corrected chi connectivity index (χ4v) is 2.42. The SMILES string of the molecule is CCCc1cc(F)c(C(F)(F)Oc2cc(F)c(C(F)(F)F)c(F)c2)c(F)c1. The van der Waals surface area contributed by atoms with Crippen molar-refractivity contribution in [3.63, 3.8) is 0 Å². The molecule has 0 aliphatic carbocycles. The Kier molecular flexibility index (Phi) is 5.67. The van der Waals surface area contributed by atoms with Crippen LogP contribution in [-0.2, 0) is 18.7 Å². The Morgan fingerprint density at radius 1 is 0.741 bits per heavy atom. The Hall–Kier alpha value is -2.39. The second-order valence-electron chi connectivity index (χ2n) is 5.56. The predicted molar refractivity (Wildman–Crippen MR) is 76.2 cm³/mol. The van der Waals surface area contributed by atoms with E-state index >= 15 is 0 Å². The van der Waals surface area contributed by atoms with E-state index in [4.69, 9.17) is 0 Å². The van der Waals surface area contributed by atoms with Gasteiger partial charge in [-0.25, -0.2) is 17.6 Å². The molecule has 0 saturated carbocycles. The molecule has 148 valence electrons. The maximum Gasteiger partial charge on any atom is 0.432 e. The van der Waals surface area contributed by atoms with Crippen molar-refractivity contribution < 1.29 is 44.3 Å². The van der Waals surface area contributed by atoms with Crippen LogP contribution in [0.4, 0.5) is 39.5 Å². The number of halogens is 9. The standard InChI is InChI=1S/C17H11F9O/c1-2-3-8-4-10(18)15(11(19)5-8)17(25,26)27-9-6-12(20)14(13(21)7-9)16(22,23)24/h4-7H,2-3H2,1H3. The van der Waals surface area contributed by atoms with Crippen molar-refractivity contribution >= 4 is 0 Å². The molecule has 0 bridgehead atoms. The van der Waals surface area contributed by atoms with Crippen LogP contribution in [0.1, 0.15) is 30.0 Å². The molecule has 27 heavy (non-hydrogen) atoms. The molecule has 0 aromatic heterocycles. The van der Waals surface area contributed by atoms with E-state index in [0.717, 1.165) is 0 Å². The maximum absolute atomic E-state index is 14.1. The Morgan fingerprint density at radius 2 is 1.19 bits per heavy atom. The molecule has 0 aliphatic rings. The first kappa shape index (κ1) is 20.9. The topological polar surface area (TPSA) is 9.23 Å². The van der Waals surface area contributed by atoms with Crippen LogP contribution in [0.25, 0.3) is 0 Å². The lowest BCUT2D eigenvalue weighted by Crippen LogP contribution is -2.26. The highest BCUT2D eigenvalue weighted by atomic mass is 19.4. The van der Waals surface area contributed by atoms with Gasteiger partial charge in [-0.15, -0.1) is 0 Å². The molecule has 2 aromatic rings. The lowest BCUT2D eigenvalue weighted by atomic mass is 10.1. The Morgan fingerprint density at radius 3 is 1.59 bits per heavy atom. The molecule has 0 fully saturated rings. The molecule has 0 aliphatic heterocycles. The number of rotatable bonds is 5. The molecule has 0 radical (unpaired) electrons. The minimum atomic E-state index is -5.41. The molecule has 0 saturated heterocycles. The number of aryl methyl sites for hydroxylation is 1. The van der Waals surface area contributed by atoms with Crippen LogP contribution in [0.5, 0.6) is 5.75 Å². The number of hydrogen-bond donors (Lipinski definition) is 0. The molecule has 0 heterocycles. The molecule has 2 aromatic carbocycles. The molecule has 0 amide bonds. The molecule has 0 N–H and O–H groups in total. The fourth-order valence-electron chi connectivity index (χ4n) is 2.42. The van der Waals surface area contributed by atoms with Crippen LogP contribution in [0, 0.1) is 23.3 Å². The molecular formula is C17H11F9O. The van der Waals surface area contributed by atoms with Gasteiger partial charge in [0, 0.05) is 12.1 Å². The van der Waals surface area contributed by atoms with Crippen molar-refractivity contribution in [3.05, 3.63) is 64.2 Å². The first-order valence-electron chi connectivity index (χ1n) is 7.48. The van der Waals surface area contributed by atoms with Crippen LogP contribution < -0.4 is 4.74 Å². The number of benzene rings is 2. The third-order valence-electron chi connectivity index (χ3n) is 3.48. The monoisotopic (exact) mass is 402 g/mol. The molecule has 2 rings (SSSR count). The second kappa shape index (κ2) is 7.32. The zero-order chi connectivity index (χ0) is 20.6. The van der Waals surface area contributed by atoms with Gasteiger partial charge in [0.1, 0.15) is 40.1 Å². The number of hydrogen-bond acceptors (Lipinski definition) is 1. The molecule has 1 nitrogen and oxygen atoms in total. The largest absolute Gasteiger partial charge is 0.432 e. The summed E-state index contributed by atoms with van der Waals surface area (Å²) in [6.07, 6.45) is -9.47. The van der Waals surface area contributed by atoms with Crippen molar-refractivity contribution in [3.8, 4) is 5.75 Å². The first-order chi connectivity index (χ1) is 12.4. The van der Waals surface area contributed by atoms with E-state index in [9.17, 15) is 39.5 Å². The molecule has 10 heteroatoms.